The van der Waals surface area contributed by atoms with E-state index in [4.69, 9.17) is 5.73 Å². The molecule has 1 aromatic carbocycles. The zero-order valence-corrected chi connectivity index (χ0v) is 22.3. The summed E-state index contributed by atoms with van der Waals surface area (Å²) < 4.78 is 27.1. The number of benzene rings is 1. The van der Waals surface area contributed by atoms with Crippen LogP contribution in [0, 0.1) is 18.8 Å². The van der Waals surface area contributed by atoms with E-state index in [9.17, 15) is 28.0 Å². The van der Waals surface area contributed by atoms with Gasteiger partial charge in [0, 0.05) is 26.2 Å². The van der Waals surface area contributed by atoms with Crippen molar-refractivity contribution in [3.63, 3.8) is 0 Å². The third-order valence-corrected chi connectivity index (χ3v) is 8.59. The Morgan fingerprint density at radius 2 is 1.95 bits per heavy atom. The minimum atomic E-state index is -2.84. The van der Waals surface area contributed by atoms with E-state index in [2.05, 4.69) is 10.3 Å². The molecular weight excluding hydrogens is 530 g/mol. The van der Waals surface area contributed by atoms with Crippen molar-refractivity contribution in [3.05, 3.63) is 51.0 Å². The number of hydrogen-bond donors (Lipinski definition) is 2. The van der Waals surface area contributed by atoms with Gasteiger partial charge in [-0.3, -0.25) is 24.2 Å². The van der Waals surface area contributed by atoms with Crippen molar-refractivity contribution < 1.29 is 28.0 Å². The van der Waals surface area contributed by atoms with E-state index in [1.54, 1.807) is 5.01 Å². The summed E-state index contributed by atoms with van der Waals surface area (Å²) in [6, 6.07) is 6.54. The van der Waals surface area contributed by atoms with Crippen LogP contribution in [0.2, 0.25) is 0 Å². The fourth-order valence-electron chi connectivity index (χ4n) is 5.35. The molecule has 1 aromatic heterocycles. The van der Waals surface area contributed by atoms with Crippen LogP contribution >= 0.6 is 11.3 Å². The van der Waals surface area contributed by atoms with Gasteiger partial charge in [0.15, 0.2) is 5.01 Å². The Balaban J connectivity index is 1.39. The van der Waals surface area contributed by atoms with E-state index in [-0.39, 0.29) is 33.9 Å². The molecule has 2 aromatic rings. The summed E-state index contributed by atoms with van der Waals surface area (Å²) in [6.07, 6.45) is -0.583. The highest BCUT2D eigenvalue weighted by Gasteiger charge is 2.43. The van der Waals surface area contributed by atoms with Crippen molar-refractivity contribution in [2.75, 3.05) is 26.2 Å². The zero-order chi connectivity index (χ0) is 27.8. The molecule has 208 valence electrons. The number of amides is 4. The molecule has 5 rings (SSSR count). The minimum absolute atomic E-state index is 0.0772. The molecule has 13 heteroatoms. The molecule has 1 saturated heterocycles. The molecule has 39 heavy (non-hydrogen) atoms. The van der Waals surface area contributed by atoms with Crippen molar-refractivity contribution >= 4 is 35.0 Å². The van der Waals surface area contributed by atoms with Crippen LogP contribution in [-0.4, -0.2) is 76.1 Å². The van der Waals surface area contributed by atoms with Crippen molar-refractivity contribution in [2.45, 2.75) is 45.2 Å². The number of carbonyl (C=O) groups excluding carboxylic acids is 4. The second kappa shape index (κ2) is 11.0. The molecule has 2 aliphatic heterocycles. The molecule has 0 unspecified atom stereocenters. The minimum Gasteiger partial charge on any atom is -0.365 e. The summed E-state index contributed by atoms with van der Waals surface area (Å²) in [4.78, 5) is 57.2. The summed E-state index contributed by atoms with van der Waals surface area (Å²) in [5, 5.41) is 6.42. The SMILES string of the molecule is Cc1nc(C(=O)N(CC(F)F)C[C@H](C(=O)N[C@@H]2C(=O)N3CCCN3Cc3ccccc32)C2CC2)sc1C(N)=O. The fraction of sp³-hybridized carbons (Fsp3) is 0.500. The fourth-order valence-corrected chi connectivity index (χ4v) is 6.23. The number of nitrogens with zero attached hydrogens (tertiary/aromatic N) is 4. The first-order valence-electron chi connectivity index (χ1n) is 12.9. The number of hydrogen-bond acceptors (Lipinski definition) is 7. The third-order valence-electron chi connectivity index (χ3n) is 7.43. The first-order valence-corrected chi connectivity index (χ1v) is 13.7. The van der Waals surface area contributed by atoms with Crippen LogP contribution in [0.3, 0.4) is 0 Å². The van der Waals surface area contributed by atoms with Gasteiger partial charge in [0.05, 0.1) is 18.2 Å². The Morgan fingerprint density at radius 1 is 1.21 bits per heavy atom. The molecule has 3 aliphatic rings. The monoisotopic (exact) mass is 560 g/mol. The zero-order valence-electron chi connectivity index (χ0n) is 21.4. The average molecular weight is 561 g/mol. The molecule has 2 fully saturated rings. The molecule has 4 amide bonds. The molecule has 10 nitrogen and oxygen atoms in total. The van der Waals surface area contributed by atoms with Crippen LogP contribution in [0.4, 0.5) is 8.78 Å². The van der Waals surface area contributed by atoms with Gasteiger partial charge in [-0.25, -0.2) is 18.8 Å². The number of nitrogens with one attached hydrogen (secondary N) is 1. The van der Waals surface area contributed by atoms with E-state index in [0.717, 1.165) is 34.8 Å². The van der Waals surface area contributed by atoms with Crippen LogP contribution in [0.25, 0.3) is 0 Å². The molecule has 0 radical (unpaired) electrons. The van der Waals surface area contributed by atoms with E-state index in [1.165, 1.54) is 6.92 Å². The number of aromatic nitrogens is 1. The van der Waals surface area contributed by atoms with Crippen LogP contribution in [0.1, 0.15) is 61.6 Å². The third kappa shape index (κ3) is 5.64. The van der Waals surface area contributed by atoms with Gasteiger partial charge in [0.1, 0.15) is 10.9 Å². The maximum Gasteiger partial charge on any atom is 0.283 e. The summed E-state index contributed by atoms with van der Waals surface area (Å²) in [6.45, 7) is 2.20. The predicted molar refractivity (Wildman–Crippen MR) is 138 cm³/mol. The number of primary amides is 1. The topological polar surface area (TPSA) is 129 Å². The number of fused-ring (bicyclic) bond motifs is 2. The molecular formula is C26H30F2N6O4S. The highest BCUT2D eigenvalue weighted by Crippen LogP contribution is 2.39. The van der Waals surface area contributed by atoms with Crippen LogP contribution in [0.5, 0.6) is 0 Å². The summed E-state index contributed by atoms with van der Waals surface area (Å²) in [5.41, 5.74) is 7.21. The Labute approximate surface area is 228 Å². The Hall–Kier alpha value is -3.45. The number of hydrazine groups is 1. The normalized spacial score (nSPS) is 19.8. The number of carbonyl (C=O) groups is 4. The van der Waals surface area contributed by atoms with Gasteiger partial charge >= 0.3 is 0 Å². The number of halogens is 2. The average Bonchev–Trinajstić information content (AvgIpc) is 3.52. The second-order valence-corrected chi connectivity index (χ2v) is 11.2. The van der Waals surface area contributed by atoms with Crippen molar-refractivity contribution in [2.24, 2.45) is 17.6 Å². The Bertz CT molecular complexity index is 1300. The lowest BCUT2D eigenvalue weighted by Gasteiger charge is -2.30. The number of nitrogens with two attached hydrogens (primary N) is 1. The summed E-state index contributed by atoms with van der Waals surface area (Å²) >= 11 is 0.746. The first-order chi connectivity index (χ1) is 18.6. The van der Waals surface area contributed by atoms with Crippen LogP contribution in [0.15, 0.2) is 24.3 Å². The van der Waals surface area contributed by atoms with Gasteiger partial charge in [-0.05, 0) is 43.2 Å². The van der Waals surface area contributed by atoms with Gasteiger partial charge in [-0.1, -0.05) is 24.3 Å². The van der Waals surface area contributed by atoms with E-state index in [0.29, 0.717) is 31.5 Å². The Morgan fingerprint density at radius 3 is 2.62 bits per heavy atom. The maximum absolute atomic E-state index is 13.7. The van der Waals surface area contributed by atoms with Gasteiger partial charge in [-0.15, -0.1) is 11.3 Å². The summed E-state index contributed by atoms with van der Waals surface area (Å²) in [5.74, 6) is -3.14. The first kappa shape index (κ1) is 27.1. The number of alkyl halides is 2. The highest BCUT2D eigenvalue weighted by atomic mass is 32.1. The van der Waals surface area contributed by atoms with E-state index >= 15 is 0 Å². The summed E-state index contributed by atoms with van der Waals surface area (Å²) in [7, 11) is 0. The molecule has 3 heterocycles. The van der Waals surface area contributed by atoms with Crippen molar-refractivity contribution in [3.8, 4) is 0 Å². The van der Waals surface area contributed by atoms with E-state index < -0.39 is 42.7 Å². The van der Waals surface area contributed by atoms with Gasteiger partial charge < -0.3 is 16.0 Å². The predicted octanol–water partition coefficient (Wildman–Crippen LogP) is 2.10. The molecule has 0 bridgehead atoms. The number of rotatable bonds is 9. The smallest absolute Gasteiger partial charge is 0.283 e. The molecule has 3 N–H and O–H groups in total. The standard InChI is InChI=1S/C26H30F2N6O4S/c1-14-21(22(29)35)39-24(30-14)26(38)32(13-19(27)28)12-18(15-7-8-15)23(36)31-20-17-6-3-2-5-16(17)11-33-9-4-10-34(33)25(20)37/h2-3,5-6,15,18-20H,4,7-13H2,1H3,(H2,29,35)(H,31,36)/t18-,20-/m0/s1. The second-order valence-electron chi connectivity index (χ2n) is 10.2. The van der Waals surface area contributed by atoms with E-state index in [1.807, 2.05) is 29.3 Å². The number of aryl methyl sites for hydroxylation is 1. The maximum atomic E-state index is 13.7. The molecule has 1 saturated carbocycles. The lowest BCUT2D eigenvalue weighted by molar-refractivity contribution is -0.148. The molecule has 0 spiro atoms. The lowest BCUT2D eigenvalue weighted by atomic mass is 9.97. The van der Waals surface area contributed by atoms with Crippen molar-refractivity contribution in [1.82, 2.24) is 25.2 Å². The van der Waals surface area contributed by atoms with Gasteiger partial charge in [0.2, 0.25) is 5.91 Å². The lowest BCUT2D eigenvalue weighted by Crippen LogP contribution is -2.49. The number of thiazole rings is 1. The van der Waals surface area contributed by atoms with Crippen molar-refractivity contribution in [1.29, 1.82) is 0 Å². The van der Waals surface area contributed by atoms with Crippen LogP contribution < -0.4 is 11.1 Å². The highest BCUT2D eigenvalue weighted by molar-refractivity contribution is 7.15. The van der Waals surface area contributed by atoms with Gasteiger partial charge in [0.25, 0.3) is 24.1 Å². The quantitative estimate of drug-likeness (QED) is 0.484. The molecule has 2 atom stereocenters. The molecule has 1 aliphatic carbocycles. The Kier molecular flexibility index (Phi) is 7.63. The largest absolute Gasteiger partial charge is 0.365 e. The van der Waals surface area contributed by atoms with Gasteiger partial charge in [-0.2, -0.15) is 0 Å². The van der Waals surface area contributed by atoms with Crippen LogP contribution in [-0.2, 0) is 16.1 Å².